The van der Waals surface area contributed by atoms with Crippen molar-refractivity contribution < 1.29 is 9.32 Å². The van der Waals surface area contributed by atoms with Crippen LogP contribution in [-0.2, 0) is 6.42 Å². The Hall–Kier alpha value is -1.82. The van der Waals surface area contributed by atoms with Crippen molar-refractivity contribution in [3.05, 3.63) is 22.6 Å². The van der Waals surface area contributed by atoms with E-state index in [9.17, 15) is 4.79 Å². The van der Waals surface area contributed by atoms with E-state index in [2.05, 4.69) is 23.5 Å². The third-order valence-corrected chi connectivity index (χ3v) is 5.70. The van der Waals surface area contributed by atoms with Crippen LogP contribution in [0, 0.1) is 5.92 Å². The minimum atomic E-state index is -0.184. The average molecular weight is 333 g/mol. The SMILES string of the molecule is CCc1ccc(-c2noc(N)c2C(=O)NCC2CCCCC2)s1. The Balaban J connectivity index is 1.73. The number of nitrogen functional groups attached to an aromatic ring is 1. The Morgan fingerprint density at radius 2 is 2.17 bits per heavy atom. The second kappa shape index (κ2) is 7.17. The predicted molar refractivity (Wildman–Crippen MR) is 92.5 cm³/mol. The van der Waals surface area contributed by atoms with E-state index in [0.717, 1.165) is 11.3 Å². The molecule has 2 heterocycles. The maximum absolute atomic E-state index is 12.6. The van der Waals surface area contributed by atoms with Gasteiger partial charge in [0.25, 0.3) is 5.91 Å². The molecule has 0 saturated heterocycles. The Bertz CT molecular complexity index is 671. The van der Waals surface area contributed by atoms with Crippen molar-refractivity contribution in [2.24, 2.45) is 5.92 Å². The normalized spacial score (nSPS) is 15.7. The smallest absolute Gasteiger partial charge is 0.259 e. The van der Waals surface area contributed by atoms with Crippen molar-refractivity contribution in [2.75, 3.05) is 12.3 Å². The van der Waals surface area contributed by atoms with Gasteiger partial charge in [0.15, 0.2) is 0 Å². The number of anilines is 1. The van der Waals surface area contributed by atoms with Gasteiger partial charge in [-0.25, -0.2) is 0 Å². The fourth-order valence-electron chi connectivity index (χ4n) is 3.10. The molecule has 1 saturated carbocycles. The molecule has 0 radical (unpaired) electrons. The minimum Gasteiger partial charge on any atom is -0.367 e. The topological polar surface area (TPSA) is 81.2 Å². The zero-order valence-corrected chi connectivity index (χ0v) is 14.2. The van der Waals surface area contributed by atoms with Crippen molar-refractivity contribution >= 4 is 23.1 Å². The summed E-state index contributed by atoms with van der Waals surface area (Å²) in [5, 5.41) is 7.01. The van der Waals surface area contributed by atoms with Crippen LogP contribution in [0.1, 0.15) is 54.3 Å². The number of rotatable bonds is 5. The van der Waals surface area contributed by atoms with Gasteiger partial charge in [-0.15, -0.1) is 11.3 Å². The van der Waals surface area contributed by atoms with Gasteiger partial charge in [-0.3, -0.25) is 4.79 Å². The summed E-state index contributed by atoms with van der Waals surface area (Å²) in [5.41, 5.74) is 6.76. The van der Waals surface area contributed by atoms with Crippen molar-refractivity contribution in [2.45, 2.75) is 45.4 Å². The number of hydrogen-bond acceptors (Lipinski definition) is 5. The summed E-state index contributed by atoms with van der Waals surface area (Å²) in [6, 6.07) is 4.02. The van der Waals surface area contributed by atoms with E-state index in [1.165, 1.54) is 37.0 Å². The van der Waals surface area contributed by atoms with Gasteiger partial charge >= 0.3 is 0 Å². The molecule has 0 spiro atoms. The Labute approximate surface area is 140 Å². The number of nitrogens with one attached hydrogen (secondary N) is 1. The first-order valence-corrected chi connectivity index (χ1v) is 9.13. The van der Waals surface area contributed by atoms with E-state index in [0.29, 0.717) is 23.7 Å². The number of nitrogens with two attached hydrogens (primary N) is 1. The standard InChI is InChI=1S/C17H23N3O2S/c1-2-12-8-9-13(23-12)15-14(16(18)22-20-15)17(21)19-10-11-6-4-3-5-7-11/h8-9,11H,2-7,10,18H2,1H3,(H,19,21). The highest BCUT2D eigenvalue weighted by atomic mass is 32.1. The first kappa shape index (κ1) is 16.1. The van der Waals surface area contributed by atoms with Crippen LogP contribution in [0.15, 0.2) is 16.7 Å². The molecule has 0 atom stereocenters. The first-order valence-electron chi connectivity index (χ1n) is 8.31. The Morgan fingerprint density at radius 3 is 2.87 bits per heavy atom. The zero-order valence-electron chi connectivity index (χ0n) is 13.4. The molecule has 3 rings (SSSR count). The molecule has 0 bridgehead atoms. The van der Waals surface area contributed by atoms with Crippen molar-refractivity contribution in [3.63, 3.8) is 0 Å². The quantitative estimate of drug-likeness (QED) is 0.870. The number of carbonyl (C=O) groups excluding carboxylic acids is 1. The van der Waals surface area contributed by atoms with E-state index >= 15 is 0 Å². The van der Waals surface area contributed by atoms with Crippen LogP contribution in [0.25, 0.3) is 10.6 Å². The third kappa shape index (κ3) is 3.58. The number of thiophene rings is 1. The van der Waals surface area contributed by atoms with Gasteiger partial charge in [-0.05, 0) is 37.3 Å². The molecule has 1 amide bonds. The van der Waals surface area contributed by atoms with E-state index in [1.807, 2.05) is 6.07 Å². The number of aryl methyl sites for hydroxylation is 1. The lowest BCUT2D eigenvalue weighted by molar-refractivity contribution is 0.0944. The van der Waals surface area contributed by atoms with Crippen LogP contribution < -0.4 is 11.1 Å². The molecular weight excluding hydrogens is 310 g/mol. The van der Waals surface area contributed by atoms with Crippen molar-refractivity contribution in [1.82, 2.24) is 10.5 Å². The molecule has 1 aliphatic carbocycles. The van der Waals surface area contributed by atoms with Crippen LogP contribution in [-0.4, -0.2) is 17.6 Å². The first-order chi connectivity index (χ1) is 11.2. The van der Waals surface area contributed by atoms with Crippen LogP contribution in [0.3, 0.4) is 0 Å². The van der Waals surface area contributed by atoms with Gasteiger partial charge in [-0.2, -0.15) is 0 Å². The van der Waals surface area contributed by atoms with Crippen LogP contribution in [0.4, 0.5) is 5.88 Å². The fourth-order valence-corrected chi connectivity index (χ4v) is 4.04. The molecule has 2 aromatic rings. The summed E-state index contributed by atoms with van der Waals surface area (Å²) in [7, 11) is 0. The molecule has 1 aliphatic rings. The lowest BCUT2D eigenvalue weighted by Crippen LogP contribution is -2.30. The van der Waals surface area contributed by atoms with Gasteiger partial charge in [0.1, 0.15) is 11.3 Å². The molecule has 124 valence electrons. The zero-order chi connectivity index (χ0) is 16.2. The predicted octanol–water partition coefficient (Wildman–Crippen LogP) is 3.86. The van der Waals surface area contributed by atoms with Gasteiger partial charge in [0.2, 0.25) is 5.88 Å². The minimum absolute atomic E-state index is 0.0904. The van der Waals surface area contributed by atoms with Crippen LogP contribution >= 0.6 is 11.3 Å². The Kier molecular flexibility index (Phi) is 5.00. The van der Waals surface area contributed by atoms with Gasteiger partial charge in [-0.1, -0.05) is 31.3 Å². The monoisotopic (exact) mass is 333 g/mol. The maximum atomic E-state index is 12.6. The van der Waals surface area contributed by atoms with Gasteiger partial charge in [0, 0.05) is 11.4 Å². The molecule has 0 aliphatic heterocycles. The number of hydrogen-bond donors (Lipinski definition) is 2. The van der Waals surface area contributed by atoms with Crippen LogP contribution in [0.5, 0.6) is 0 Å². The molecule has 6 heteroatoms. The second-order valence-corrected chi connectivity index (χ2v) is 7.27. The molecule has 23 heavy (non-hydrogen) atoms. The van der Waals surface area contributed by atoms with Gasteiger partial charge in [0.05, 0.1) is 4.88 Å². The van der Waals surface area contributed by atoms with Crippen LogP contribution in [0.2, 0.25) is 0 Å². The summed E-state index contributed by atoms with van der Waals surface area (Å²) in [6.45, 7) is 2.80. The largest absolute Gasteiger partial charge is 0.367 e. The molecule has 0 aromatic carbocycles. The summed E-state index contributed by atoms with van der Waals surface area (Å²) in [4.78, 5) is 14.7. The maximum Gasteiger partial charge on any atom is 0.259 e. The lowest BCUT2D eigenvalue weighted by atomic mass is 9.89. The highest BCUT2D eigenvalue weighted by molar-refractivity contribution is 7.15. The van der Waals surface area contributed by atoms with E-state index in [4.69, 9.17) is 10.3 Å². The summed E-state index contributed by atoms with van der Waals surface area (Å²) >= 11 is 1.62. The molecule has 2 aromatic heterocycles. The number of amides is 1. The summed E-state index contributed by atoms with van der Waals surface area (Å²) in [5.74, 6) is 0.481. The van der Waals surface area contributed by atoms with E-state index < -0.39 is 0 Å². The molecule has 0 unspecified atom stereocenters. The van der Waals surface area contributed by atoms with Crippen molar-refractivity contribution in [1.29, 1.82) is 0 Å². The molecule has 1 fully saturated rings. The average Bonchev–Trinajstić information content (AvgIpc) is 3.20. The molecule has 3 N–H and O–H groups in total. The van der Waals surface area contributed by atoms with E-state index in [1.54, 1.807) is 11.3 Å². The third-order valence-electron chi connectivity index (χ3n) is 4.47. The number of aromatic nitrogens is 1. The van der Waals surface area contributed by atoms with Gasteiger partial charge < -0.3 is 15.6 Å². The lowest BCUT2D eigenvalue weighted by Gasteiger charge is -2.21. The fraction of sp³-hybridized carbons (Fsp3) is 0.529. The highest BCUT2D eigenvalue weighted by Gasteiger charge is 2.24. The molecule has 5 nitrogen and oxygen atoms in total. The van der Waals surface area contributed by atoms with Crippen molar-refractivity contribution in [3.8, 4) is 10.6 Å². The highest BCUT2D eigenvalue weighted by Crippen LogP contribution is 2.33. The number of nitrogens with zero attached hydrogens (tertiary/aromatic N) is 1. The molecular formula is C17H23N3O2S. The summed E-state index contributed by atoms with van der Waals surface area (Å²) < 4.78 is 5.08. The number of carbonyl (C=O) groups is 1. The summed E-state index contributed by atoms with van der Waals surface area (Å²) in [6.07, 6.45) is 7.17. The Morgan fingerprint density at radius 1 is 1.39 bits per heavy atom. The second-order valence-electron chi connectivity index (χ2n) is 6.10. The van der Waals surface area contributed by atoms with E-state index in [-0.39, 0.29) is 11.8 Å².